The zero-order chi connectivity index (χ0) is 18.7. The van der Waals surface area contributed by atoms with Crippen molar-refractivity contribution >= 4 is 11.8 Å². The fraction of sp³-hybridized carbons (Fsp3) is 0.750. The van der Waals surface area contributed by atoms with Crippen LogP contribution in [0.1, 0.15) is 62.5 Å². The summed E-state index contributed by atoms with van der Waals surface area (Å²) in [5, 5.41) is 7.24. The van der Waals surface area contributed by atoms with Crippen LogP contribution in [-0.2, 0) is 16.1 Å². The van der Waals surface area contributed by atoms with Crippen molar-refractivity contribution in [3.63, 3.8) is 0 Å². The van der Waals surface area contributed by atoms with E-state index >= 15 is 0 Å². The molecule has 2 amide bonds. The second-order valence-corrected chi connectivity index (χ2v) is 9.17. The molecule has 0 spiro atoms. The maximum Gasteiger partial charge on any atom is 0.228 e. The molecule has 1 N–H and O–H groups in total. The molecule has 2 atom stereocenters. The molecule has 1 aromatic rings. The third-order valence-corrected chi connectivity index (χ3v) is 6.88. The maximum atomic E-state index is 13.5. The third kappa shape index (κ3) is 2.74. The largest absolute Gasteiger partial charge is 0.361 e. The third-order valence-electron chi connectivity index (χ3n) is 6.88. The summed E-state index contributed by atoms with van der Waals surface area (Å²) in [4.78, 5) is 27.2. The lowest BCUT2D eigenvalue weighted by Crippen LogP contribution is -2.65. The van der Waals surface area contributed by atoms with E-state index in [0.717, 1.165) is 49.1 Å². The van der Waals surface area contributed by atoms with Crippen LogP contribution in [0, 0.1) is 31.1 Å². The summed E-state index contributed by atoms with van der Waals surface area (Å²) in [6.45, 7) is 5.94. The first-order chi connectivity index (χ1) is 12.2. The molecule has 0 radical (unpaired) electrons. The van der Waals surface area contributed by atoms with E-state index < -0.39 is 0 Å². The Bertz CT molecular complexity index is 720. The van der Waals surface area contributed by atoms with Crippen molar-refractivity contribution in [3.05, 3.63) is 17.0 Å². The molecule has 1 heterocycles. The highest BCUT2D eigenvalue weighted by atomic mass is 16.5. The van der Waals surface area contributed by atoms with Crippen LogP contribution in [0.25, 0.3) is 0 Å². The van der Waals surface area contributed by atoms with Crippen LogP contribution >= 0.6 is 0 Å². The van der Waals surface area contributed by atoms with E-state index in [0.29, 0.717) is 18.4 Å². The van der Waals surface area contributed by atoms with Crippen LogP contribution < -0.4 is 5.32 Å². The first-order valence-corrected chi connectivity index (χ1v) is 9.68. The fourth-order valence-electron chi connectivity index (χ4n) is 6.47. The molecule has 2 unspecified atom stereocenters. The van der Waals surface area contributed by atoms with E-state index in [-0.39, 0.29) is 22.8 Å². The van der Waals surface area contributed by atoms with Gasteiger partial charge in [0.2, 0.25) is 11.8 Å². The zero-order valence-corrected chi connectivity index (χ0v) is 16.2. The van der Waals surface area contributed by atoms with Crippen LogP contribution in [0.5, 0.6) is 0 Å². The number of aromatic nitrogens is 1. The lowest BCUT2D eigenvalue weighted by molar-refractivity contribution is -0.162. The SMILES string of the molecule is CC(=O)NC12CC3CC(C1)CC(C(=O)N(C)Cc1c(C)noc1C)(C3)C2. The summed E-state index contributed by atoms with van der Waals surface area (Å²) in [6.07, 6.45) is 6.00. The van der Waals surface area contributed by atoms with E-state index in [4.69, 9.17) is 4.52 Å². The predicted molar refractivity (Wildman–Crippen MR) is 96.1 cm³/mol. The van der Waals surface area contributed by atoms with Crippen LogP contribution in [0.3, 0.4) is 0 Å². The Hall–Kier alpha value is -1.85. The van der Waals surface area contributed by atoms with Gasteiger partial charge in [0.05, 0.1) is 17.7 Å². The fourth-order valence-corrected chi connectivity index (χ4v) is 6.47. The lowest BCUT2D eigenvalue weighted by Gasteiger charge is -2.61. The number of amides is 2. The minimum atomic E-state index is -0.319. The molecular formula is C20H29N3O3. The summed E-state index contributed by atoms with van der Waals surface area (Å²) in [5.74, 6) is 2.14. The summed E-state index contributed by atoms with van der Waals surface area (Å²) in [7, 11) is 1.89. The molecule has 4 fully saturated rings. The Kier molecular flexibility index (Phi) is 3.93. The van der Waals surface area contributed by atoms with Gasteiger partial charge < -0.3 is 14.7 Å². The summed E-state index contributed by atoms with van der Waals surface area (Å²) >= 11 is 0. The van der Waals surface area contributed by atoms with E-state index in [1.54, 1.807) is 6.92 Å². The minimum Gasteiger partial charge on any atom is -0.361 e. The van der Waals surface area contributed by atoms with Gasteiger partial charge in [0.25, 0.3) is 0 Å². The molecule has 4 saturated carbocycles. The van der Waals surface area contributed by atoms with Crippen molar-refractivity contribution in [1.82, 2.24) is 15.4 Å². The minimum absolute atomic E-state index is 0.0265. The molecule has 6 heteroatoms. The van der Waals surface area contributed by atoms with Crippen LogP contribution in [-0.4, -0.2) is 34.5 Å². The number of nitrogens with zero attached hydrogens (tertiary/aromatic N) is 2. The Morgan fingerprint density at radius 2 is 1.88 bits per heavy atom. The van der Waals surface area contributed by atoms with Gasteiger partial charge in [-0.25, -0.2) is 0 Å². The summed E-state index contributed by atoms with van der Waals surface area (Å²) in [6, 6.07) is 0. The Labute approximate surface area is 154 Å². The second-order valence-electron chi connectivity index (χ2n) is 9.17. The zero-order valence-electron chi connectivity index (χ0n) is 16.2. The molecule has 4 bridgehead atoms. The van der Waals surface area contributed by atoms with Gasteiger partial charge in [0, 0.05) is 25.1 Å². The number of carbonyl (C=O) groups is 2. The second kappa shape index (κ2) is 5.83. The highest BCUT2D eigenvalue weighted by Gasteiger charge is 2.61. The highest BCUT2D eigenvalue weighted by molar-refractivity contribution is 5.84. The molecule has 0 aliphatic heterocycles. The smallest absolute Gasteiger partial charge is 0.228 e. The number of hydrogen-bond acceptors (Lipinski definition) is 4. The maximum absolute atomic E-state index is 13.5. The van der Waals surface area contributed by atoms with Crippen LogP contribution in [0.4, 0.5) is 0 Å². The number of rotatable bonds is 4. The summed E-state index contributed by atoms with van der Waals surface area (Å²) in [5.41, 5.74) is 1.36. The van der Waals surface area contributed by atoms with Gasteiger partial charge in [-0.2, -0.15) is 0 Å². The number of nitrogens with one attached hydrogen (secondary N) is 1. The van der Waals surface area contributed by atoms with Gasteiger partial charge in [-0.05, 0) is 64.2 Å². The van der Waals surface area contributed by atoms with Crippen molar-refractivity contribution in [2.75, 3.05) is 7.05 Å². The van der Waals surface area contributed by atoms with Crippen molar-refractivity contribution in [2.24, 2.45) is 17.3 Å². The number of hydrogen-bond donors (Lipinski definition) is 1. The summed E-state index contributed by atoms with van der Waals surface area (Å²) < 4.78 is 5.25. The van der Waals surface area contributed by atoms with Crippen molar-refractivity contribution < 1.29 is 14.1 Å². The van der Waals surface area contributed by atoms with E-state index in [1.165, 1.54) is 6.42 Å². The van der Waals surface area contributed by atoms with Crippen molar-refractivity contribution in [2.45, 2.75) is 71.4 Å². The molecule has 0 aromatic carbocycles. The van der Waals surface area contributed by atoms with Crippen LogP contribution in [0.15, 0.2) is 4.52 Å². The van der Waals surface area contributed by atoms with Gasteiger partial charge in [-0.15, -0.1) is 0 Å². The van der Waals surface area contributed by atoms with E-state index in [2.05, 4.69) is 10.5 Å². The van der Waals surface area contributed by atoms with Gasteiger partial charge in [0.15, 0.2) is 0 Å². The molecule has 1 aromatic heterocycles. The predicted octanol–water partition coefficient (Wildman–Crippen LogP) is 2.72. The molecule has 26 heavy (non-hydrogen) atoms. The normalized spacial score (nSPS) is 34.8. The van der Waals surface area contributed by atoms with E-state index in [9.17, 15) is 9.59 Å². The topological polar surface area (TPSA) is 75.4 Å². The Balaban J connectivity index is 1.58. The molecule has 4 aliphatic carbocycles. The van der Waals surface area contributed by atoms with Gasteiger partial charge in [-0.3, -0.25) is 9.59 Å². The standard InChI is InChI=1S/C20H29N3O3/c1-12-17(13(2)26-22-12)10-23(4)18(25)19-6-15-5-16(7-19)9-20(8-15,11-19)21-14(3)24/h15-16H,5-11H2,1-4H3,(H,21,24). The quantitative estimate of drug-likeness (QED) is 0.897. The van der Waals surface area contributed by atoms with Gasteiger partial charge in [0.1, 0.15) is 5.76 Å². The van der Waals surface area contributed by atoms with Crippen LogP contribution in [0.2, 0.25) is 0 Å². The molecule has 0 saturated heterocycles. The number of aryl methyl sites for hydroxylation is 2. The van der Waals surface area contributed by atoms with Gasteiger partial charge in [-0.1, -0.05) is 5.16 Å². The number of carbonyl (C=O) groups excluding carboxylic acids is 2. The first-order valence-electron chi connectivity index (χ1n) is 9.68. The van der Waals surface area contributed by atoms with Crippen molar-refractivity contribution in [1.29, 1.82) is 0 Å². The Morgan fingerprint density at radius 3 is 2.42 bits per heavy atom. The molecule has 6 nitrogen and oxygen atoms in total. The Morgan fingerprint density at radius 1 is 1.23 bits per heavy atom. The molecule has 4 aliphatic rings. The average Bonchev–Trinajstić information content (AvgIpc) is 2.83. The van der Waals surface area contributed by atoms with Gasteiger partial charge >= 0.3 is 0 Å². The average molecular weight is 359 g/mol. The van der Waals surface area contributed by atoms with Crippen molar-refractivity contribution in [3.8, 4) is 0 Å². The first kappa shape index (κ1) is 17.6. The molecular weight excluding hydrogens is 330 g/mol. The monoisotopic (exact) mass is 359 g/mol. The molecule has 5 rings (SSSR count). The highest BCUT2D eigenvalue weighted by Crippen LogP contribution is 2.62. The van der Waals surface area contributed by atoms with E-state index in [1.807, 2.05) is 25.8 Å². The molecule has 142 valence electrons. The lowest BCUT2D eigenvalue weighted by atomic mass is 9.46.